The summed E-state index contributed by atoms with van der Waals surface area (Å²) in [6.07, 6.45) is 4.26. The molecule has 2 aromatic carbocycles. The van der Waals surface area contributed by atoms with Crippen LogP contribution in [0.4, 0.5) is 5.69 Å². The summed E-state index contributed by atoms with van der Waals surface area (Å²) in [6.45, 7) is 3.40. The number of sulfonamides is 2. The van der Waals surface area contributed by atoms with Crippen LogP contribution in [0.2, 0.25) is 0 Å². The summed E-state index contributed by atoms with van der Waals surface area (Å²) in [4.78, 5) is 0. The third-order valence-corrected chi connectivity index (χ3v) is 10.5. The van der Waals surface area contributed by atoms with Crippen molar-refractivity contribution < 1.29 is 16.8 Å². The van der Waals surface area contributed by atoms with E-state index in [4.69, 9.17) is 0 Å². The van der Waals surface area contributed by atoms with Crippen molar-refractivity contribution in [2.24, 2.45) is 0 Å². The lowest BCUT2D eigenvalue weighted by molar-refractivity contribution is 0.282. The summed E-state index contributed by atoms with van der Waals surface area (Å²) in [6, 6.07) is 17.6. The molecule has 0 saturated carbocycles. The Morgan fingerprint density at radius 2 is 1.58 bits per heavy atom. The first-order valence-corrected chi connectivity index (χ1v) is 14.9. The largest absolute Gasteiger partial charge is 0.382 e. The molecule has 9 heteroatoms. The maximum absolute atomic E-state index is 13.4. The average molecular weight is 492 g/mol. The van der Waals surface area contributed by atoms with E-state index < -0.39 is 25.3 Å². The molecule has 7 nitrogen and oxygen atoms in total. The smallest absolute Gasteiger partial charge is 0.221 e. The van der Waals surface area contributed by atoms with Crippen molar-refractivity contribution in [1.82, 2.24) is 8.61 Å². The van der Waals surface area contributed by atoms with Crippen LogP contribution in [0.3, 0.4) is 0 Å². The second-order valence-corrected chi connectivity index (χ2v) is 13.2. The van der Waals surface area contributed by atoms with E-state index in [0.717, 1.165) is 36.1 Å². The predicted octanol–water partition coefficient (Wildman–Crippen LogP) is 3.58. The highest BCUT2D eigenvalue weighted by molar-refractivity contribution is 7.89. The molecule has 0 aromatic heterocycles. The summed E-state index contributed by atoms with van der Waals surface area (Å²) in [5.41, 5.74) is 2.78. The Labute approximate surface area is 197 Å². The second kappa shape index (κ2) is 9.74. The molecular formula is C24H33N3O4S2. The number of nitrogens with one attached hydrogen (secondary N) is 1. The number of nitrogens with zero attached hydrogens (tertiary/aromatic N) is 2. The lowest BCUT2D eigenvalue weighted by Crippen LogP contribution is -2.44. The van der Waals surface area contributed by atoms with Gasteiger partial charge in [-0.25, -0.2) is 21.1 Å². The molecule has 2 aliphatic rings. The van der Waals surface area contributed by atoms with Crippen molar-refractivity contribution in [3.63, 3.8) is 0 Å². The molecule has 0 aliphatic carbocycles. The molecule has 33 heavy (non-hydrogen) atoms. The third-order valence-electron chi connectivity index (χ3n) is 6.78. The van der Waals surface area contributed by atoms with Gasteiger partial charge < -0.3 is 5.32 Å². The Hall–Kier alpha value is -1.94. The Balaban J connectivity index is 1.40. The number of hydrogen-bond acceptors (Lipinski definition) is 5. The van der Waals surface area contributed by atoms with Crippen LogP contribution in [0.1, 0.15) is 49.0 Å². The fraction of sp³-hybridized carbons (Fsp3) is 0.500. The highest BCUT2D eigenvalue weighted by atomic mass is 32.2. The fourth-order valence-corrected chi connectivity index (χ4v) is 7.88. The van der Waals surface area contributed by atoms with Crippen LogP contribution in [0, 0.1) is 0 Å². The molecule has 0 radical (unpaired) electrons. The summed E-state index contributed by atoms with van der Waals surface area (Å²) >= 11 is 0. The van der Waals surface area contributed by atoms with Gasteiger partial charge in [0.05, 0.1) is 6.26 Å². The Bertz CT molecular complexity index is 1140. The van der Waals surface area contributed by atoms with Crippen LogP contribution in [0.5, 0.6) is 0 Å². The lowest BCUT2D eigenvalue weighted by Gasteiger charge is -2.37. The minimum atomic E-state index is -3.45. The molecule has 0 spiro atoms. The van der Waals surface area contributed by atoms with Gasteiger partial charge in [-0.3, -0.25) is 0 Å². The zero-order valence-corrected chi connectivity index (χ0v) is 20.9. The van der Waals surface area contributed by atoms with Gasteiger partial charge in [0, 0.05) is 37.4 Å². The number of piperidine rings is 1. The summed E-state index contributed by atoms with van der Waals surface area (Å²) in [7, 11) is -6.58. The summed E-state index contributed by atoms with van der Waals surface area (Å²) in [5, 5.41) is 2.99. The molecular weight excluding hydrogens is 458 g/mol. The molecule has 4 rings (SSSR count). The topological polar surface area (TPSA) is 86.8 Å². The monoisotopic (exact) mass is 491 g/mol. The molecule has 2 atom stereocenters. The van der Waals surface area contributed by atoms with E-state index in [1.54, 1.807) is 4.31 Å². The van der Waals surface area contributed by atoms with Crippen molar-refractivity contribution in [2.45, 2.75) is 56.5 Å². The molecule has 2 saturated heterocycles. The van der Waals surface area contributed by atoms with E-state index in [9.17, 15) is 16.8 Å². The van der Waals surface area contributed by atoms with Crippen LogP contribution in [0.25, 0.3) is 0 Å². The minimum Gasteiger partial charge on any atom is -0.382 e. The standard InChI is InChI=1S/C24H33N3O4S2/c1-19-8-13-24(21-6-4-3-5-7-21)33(30,31)27(19)18-20-9-11-22(12-10-20)25-23-14-16-26(17-15-23)32(2,28)29/h3-7,9-12,19,23-25H,8,13-18H2,1-2H3/t19-,24?/m0/s1. The average Bonchev–Trinajstić information content (AvgIpc) is 2.78. The SMILES string of the molecule is C[C@H]1CCC(c2ccccc2)S(=O)(=O)N1Cc1ccc(NC2CCN(S(C)(=O)=O)CC2)cc1. The molecule has 2 fully saturated rings. The van der Waals surface area contributed by atoms with E-state index in [1.807, 2.05) is 61.5 Å². The van der Waals surface area contributed by atoms with Gasteiger partial charge >= 0.3 is 0 Å². The first kappa shape index (κ1) is 24.2. The summed E-state index contributed by atoms with van der Waals surface area (Å²) < 4.78 is 53.4. The van der Waals surface area contributed by atoms with Crippen molar-refractivity contribution in [3.8, 4) is 0 Å². The van der Waals surface area contributed by atoms with Crippen LogP contribution >= 0.6 is 0 Å². The number of benzene rings is 2. The zero-order chi connectivity index (χ0) is 23.6. The van der Waals surface area contributed by atoms with E-state index in [-0.39, 0.29) is 12.1 Å². The number of rotatable bonds is 6. The fourth-order valence-electron chi connectivity index (χ4n) is 4.81. The quantitative estimate of drug-likeness (QED) is 0.668. The molecule has 1 N–H and O–H groups in total. The van der Waals surface area contributed by atoms with Gasteiger partial charge in [0.2, 0.25) is 20.0 Å². The second-order valence-electron chi connectivity index (χ2n) is 9.19. The Morgan fingerprint density at radius 3 is 2.18 bits per heavy atom. The molecule has 2 heterocycles. The zero-order valence-electron chi connectivity index (χ0n) is 19.2. The highest BCUT2D eigenvalue weighted by Crippen LogP contribution is 2.38. The molecule has 2 aromatic rings. The molecule has 2 aliphatic heterocycles. The van der Waals surface area contributed by atoms with Crippen molar-refractivity contribution in [2.75, 3.05) is 24.7 Å². The predicted molar refractivity (Wildman–Crippen MR) is 132 cm³/mol. The van der Waals surface area contributed by atoms with E-state index in [1.165, 1.54) is 10.6 Å². The number of hydrogen-bond donors (Lipinski definition) is 1. The lowest BCUT2D eigenvalue weighted by atomic mass is 10.0. The van der Waals surface area contributed by atoms with E-state index >= 15 is 0 Å². The first-order chi connectivity index (χ1) is 15.6. The van der Waals surface area contributed by atoms with E-state index in [0.29, 0.717) is 26.1 Å². The van der Waals surface area contributed by atoms with Crippen molar-refractivity contribution >= 4 is 25.7 Å². The van der Waals surface area contributed by atoms with Gasteiger partial charge in [-0.05, 0) is 55.9 Å². The third kappa shape index (κ3) is 5.59. The van der Waals surface area contributed by atoms with Gasteiger partial charge in [0.1, 0.15) is 5.25 Å². The molecule has 0 amide bonds. The van der Waals surface area contributed by atoms with Crippen LogP contribution in [-0.2, 0) is 26.6 Å². The minimum absolute atomic E-state index is 0.0345. The van der Waals surface area contributed by atoms with Gasteiger partial charge in [-0.2, -0.15) is 4.31 Å². The maximum Gasteiger partial charge on any atom is 0.221 e. The van der Waals surface area contributed by atoms with Crippen molar-refractivity contribution in [1.29, 1.82) is 0 Å². The highest BCUT2D eigenvalue weighted by Gasteiger charge is 2.40. The summed E-state index contributed by atoms with van der Waals surface area (Å²) in [5.74, 6) is 0. The molecule has 1 unspecified atom stereocenters. The van der Waals surface area contributed by atoms with Crippen LogP contribution in [-0.4, -0.2) is 56.9 Å². The maximum atomic E-state index is 13.4. The van der Waals surface area contributed by atoms with Gasteiger partial charge in [0.15, 0.2) is 0 Å². The Kier molecular flexibility index (Phi) is 7.14. The molecule has 180 valence electrons. The first-order valence-electron chi connectivity index (χ1n) is 11.5. The van der Waals surface area contributed by atoms with Crippen LogP contribution in [0.15, 0.2) is 54.6 Å². The van der Waals surface area contributed by atoms with Gasteiger partial charge in [-0.1, -0.05) is 42.5 Å². The normalized spacial score (nSPS) is 25.0. The Morgan fingerprint density at radius 1 is 0.939 bits per heavy atom. The van der Waals surface area contributed by atoms with Gasteiger partial charge in [-0.15, -0.1) is 0 Å². The van der Waals surface area contributed by atoms with Crippen LogP contribution < -0.4 is 5.32 Å². The van der Waals surface area contributed by atoms with Gasteiger partial charge in [0.25, 0.3) is 0 Å². The molecule has 0 bridgehead atoms. The van der Waals surface area contributed by atoms with E-state index in [2.05, 4.69) is 5.32 Å². The number of anilines is 1. The van der Waals surface area contributed by atoms with Crippen molar-refractivity contribution in [3.05, 3.63) is 65.7 Å².